The van der Waals surface area contributed by atoms with Crippen LogP contribution in [0.25, 0.3) is 0 Å². The molecule has 0 aliphatic heterocycles. The molecule has 1 amide bonds. The molecule has 0 fully saturated rings. The summed E-state index contributed by atoms with van der Waals surface area (Å²) in [6.07, 6.45) is 4.66. The van der Waals surface area contributed by atoms with E-state index in [1.807, 2.05) is 6.92 Å². The number of thiophene rings is 1. The summed E-state index contributed by atoms with van der Waals surface area (Å²) < 4.78 is 5.19. The minimum absolute atomic E-state index is 0.167. The Morgan fingerprint density at radius 2 is 2.18 bits per heavy atom. The second-order valence-corrected chi connectivity index (χ2v) is 6.81. The van der Waals surface area contributed by atoms with E-state index >= 15 is 0 Å². The molecule has 1 heterocycles. The zero-order valence-electron chi connectivity index (χ0n) is 13.6. The lowest BCUT2D eigenvalue weighted by Gasteiger charge is -2.18. The van der Waals surface area contributed by atoms with Crippen LogP contribution in [0.3, 0.4) is 0 Å². The number of carbonyl (C=O) groups excluding carboxylic acids is 2. The van der Waals surface area contributed by atoms with Crippen LogP contribution in [0, 0.1) is 5.92 Å². The molecule has 0 saturated carbocycles. The van der Waals surface area contributed by atoms with Gasteiger partial charge in [0.2, 0.25) is 0 Å². The number of hydrogen-bond donors (Lipinski definition) is 1. The highest BCUT2D eigenvalue weighted by atomic mass is 32.1. The Balaban J connectivity index is 2.39. The highest BCUT2D eigenvalue weighted by Crippen LogP contribution is 2.40. The maximum absolute atomic E-state index is 12.3. The topological polar surface area (TPSA) is 55.4 Å². The van der Waals surface area contributed by atoms with E-state index in [0.29, 0.717) is 28.7 Å². The number of anilines is 1. The number of fused-ring (bicyclic) bond motifs is 1. The predicted octanol–water partition coefficient (Wildman–Crippen LogP) is 3.95. The number of amides is 1. The molecule has 0 radical (unpaired) electrons. The van der Waals surface area contributed by atoms with Gasteiger partial charge in [-0.2, -0.15) is 0 Å². The van der Waals surface area contributed by atoms with E-state index in [9.17, 15) is 9.59 Å². The molecule has 1 aromatic heterocycles. The van der Waals surface area contributed by atoms with Gasteiger partial charge in [-0.3, -0.25) is 4.79 Å². The molecule has 0 spiro atoms. The summed E-state index contributed by atoms with van der Waals surface area (Å²) in [5.74, 6) is 0.115. The van der Waals surface area contributed by atoms with Gasteiger partial charge < -0.3 is 10.1 Å². The van der Waals surface area contributed by atoms with Crippen molar-refractivity contribution in [3.63, 3.8) is 0 Å². The Hall–Kier alpha value is -1.62. The molecule has 1 aromatic rings. The second-order valence-electron chi connectivity index (χ2n) is 5.70. The Kier molecular flexibility index (Phi) is 5.40. The van der Waals surface area contributed by atoms with Gasteiger partial charge in [0.25, 0.3) is 5.91 Å². The summed E-state index contributed by atoms with van der Waals surface area (Å²) in [6.45, 7) is 7.92. The van der Waals surface area contributed by atoms with Gasteiger partial charge in [-0.1, -0.05) is 13.0 Å². The molecule has 4 nitrogen and oxygen atoms in total. The fourth-order valence-corrected chi connectivity index (χ4v) is 3.98. The quantitative estimate of drug-likeness (QED) is 0.675. The molecule has 1 atom stereocenters. The van der Waals surface area contributed by atoms with Crippen molar-refractivity contribution in [3.05, 3.63) is 27.7 Å². The van der Waals surface area contributed by atoms with Crippen LogP contribution in [-0.4, -0.2) is 18.5 Å². The average Bonchev–Trinajstić information content (AvgIpc) is 2.83. The van der Waals surface area contributed by atoms with Gasteiger partial charge in [-0.05, 0) is 51.5 Å². The van der Waals surface area contributed by atoms with Crippen molar-refractivity contribution >= 4 is 28.2 Å². The van der Waals surface area contributed by atoms with Crippen molar-refractivity contribution in [3.8, 4) is 0 Å². The molecule has 0 bridgehead atoms. The van der Waals surface area contributed by atoms with Crippen molar-refractivity contribution in [2.75, 3.05) is 11.9 Å². The minimum atomic E-state index is -0.331. The molecule has 1 unspecified atom stereocenters. The summed E-state index contributed by atoms with van der Waals surface area (Å²) in [5.41, 5.74) is 2.26. The third kappa shape index (κ3) is 3.40. The fraction of sp³-hybridized carbons (Fsp3) is 0.529. The highest BCUT2D eigenvalue weighted by molar-refractivity contribution is 7.17. The first kappa shape index (κ1) is 16.7. The summed E-state index contributed by atoms with van der Waals surface area (Å²) >= 11 is 1.52. The van der Waals surface area contributed by atoms with E-state index in [1.165, 1.54) is 16.2 Å². The first-order valence-corrected chi connectivity index (χ1v) is 8.55. The van der Waals surface area contributed by atoms with Crippen LogP contribution in [-0.2, 0) is 22.4 Å². The Morgan fingerprint density at radius 3 is 2.82 bits per heavy atom. The predicted molar refractivity (Wildman–Crippen MR) is 89.5 cm³/mol. The third-order valence-corrected chi connectivity index (χ3v) is 5.18. The summed E-state index contributed by atoms with van der Waals surface area (Å²) in [7, 11) is 0. The zero-order chi connectivity index (χ0) is 16.3. The maximum atomic E-state index is 12.3. The van der Waals surface area contributed by atoms with E-state index in [0.717, 1.165) is 24.8 Å². The van der Waals surface area contributed by atoms with Crippen LogP contribution in [0.2, 0.25) is 0 Å². The van der Waals surface area contributed by atoms with Crippen molar-refractivity contribution < 1.29 is 14.3 Å². The molecular formula is C17H23NO3S. The SMILES string of the molecule is CC=C(C)C(=O)Nc1sc2c(c1C(=O)OCC)CCC(C)C2. The van der Waals surface area contributed by atoms with Gasteiger partial charge in [0.1, 0.15) is 5.00 Å². The standard InChI is InChI=1S/C17H23NO3S/c1-5-11(4)15(19)18-16-14(17(20)21-6-2)12-8-7-10(3)9-13(12)22-16/h5,10H,6-9H2,1-4H3,(H,18,19). The lowest BCUT2D eigenvalue weighted by molar-refractivity contribution is -0.112. The lowest BCUT2D eigenvalue weighted by atomic mass is 9.88. The molecule has 0 saturated heterocycles. The van der Waals surface area contributed by atoms with Crippen molar-refractivity contribution in [1.29, 1.82) is 0 Å². The molecule has 1 aliphatic carbocycles. The van der Waals surface area contributed by atoms with Gasteiger partial charge in [0.15, 0.2) is 0 Å². The van der Waals surface area contributed by atoms with E-state index < -0.39 is 0 Å². The Labute approximate surface area is 135 Å². The fourth-order valence-electron chi connectivity index (χ4n) is 2.59. The number of nitrogens with one attached hydrogen (secondary N) is 1. The van der Waals surface area contributed by atoms with Crippen LogP contribution in [0.1, 0.15) is 54.9 Å². The largest absolute Gasteiger partial charge is 0.462 e. The first-order chi connectivity index (χ1) is 10.5. The Morgan fingerprint density at radius 1 is 1.45 bits per heavy atom. The molecule has 1 aliphatic rings. The Bertz CT molecular complexity index is 616. The van der Waals surface area contributed by atoms with E-state index in [4.69, 9.17) is 4.74 Å². The third-order valence-electron chi connectivity index (χ3n) is 4.01. The average molecular weight is 321 g/mol. The molecule has 0 aromatic carbocycles. The van der Waals surface area contributed by atoms with Crippen molar-refractivity contribution in [2.45, 2.75) is 47.0 Å². The highest BCUT2D eigenvalue weighted by Gasteiger charge is 2.29. The number of hydrogen-bond acceptors (Lipinski definition) is 4. The lowest BCUT2D eigenvalue weighted by Crippen LogP contribution is -2.17. The van der Waals surface area contributed by atoms with Crippen molar-refractivity contribution in [2.24, 2.45) is 5.92 Å². The van der Waals surface area contributed by atoms with Gasteiger partial charge >= 0.3 is 5.97 Å². The van der Waals surface area contributed by atoms with Crippen LogP contribution < -0.4 is 5.32 Å². The number of esters is 1. The summed E-state index contributed by atoms with van der Waals surface area (Å²) in [4.78, 5) is 25.7. The van der Waals surface area contributed by atoms with Gasteiger partial charge in [0, 0.05) is 10.5 Å². The van der Waals surface area contributed by atoms with Crippen LogP contribution in [0.5, 0.6) is 0 Å². The van der Waals surface area contributed by atoms with E-state index in [2.05, 4.69) is 12.2 Å². The number of ether oxygens (including phenoxy) is 1. The van der Waals surface area contributed by atoms with E-state index in [-0.39, 0.29) is 11.9 Å². The normalized spacial score (nSPS) is 17.8. The molecular weight excluding hydrogens is 298 g/mol. The molecule has 5 heteroatoms. The zero-order valence-corrected chi connectivity index (χ0v) is 14.4. The first-order valence-electron chi connectivity index (χ1n) is 7.73. The molecule has 120 valence electrons. The van der Waals surface area contributed by atoms with Gasteiger partial charge in [-0.15, -0.1) is 11.3 Å². The second kappa shape index (κ2) is 7.09. The smallest absolute Gasteiger partial charge is 0.341 e. The molecule has 1 N–H and O–H groups in total. The van der Waals surface area contributed by atoms with Crippen LogP contribution in [0.15, 0.2) is 11.6 Å². The summed E-state index contributed by atoms with van der Waals surface area (Å²) in [6, 6.07) is 0. The van der Waals surface area contributed by atoms with Crippen LogP contribution >= 0.6 is 11.3 Å². The number of rotatable bonds is 4. The maximum Gasteiger partial charge on any atom is 0.341 e. The molecule has 22 heavy (non-hydrogen) atoms. The molecule has 2 rings (SSSR count). The monoisotopic (exact) mass is 321 g/mol. The number of carbonyl (C=O) groups is 2. The van der Waals surface area contributed by atoms with Gasteiger partial charge in [-0.25, -0.2) is 4.79 Å². The summed E-state index contributed by atoms with van der Waals surface area (Å²) in [5, 5.41) is 3.51. The number of allylic oxidation sites excluding steroid dienone is 1. The minimum Gasteiger partial charge on any atom is -0.462 e. The van der Waals surface area contributed by atoms with Crippen LogP contribution in [0.4, 0.5) is 5.00 Å². The van der Waals surface area contributed by atoms with Crippen molar-refractivity contribution in [1.82, 2.24) is 0 Å². The van der Waals surface area contributed by atoms with Gasteiger partial charge in [0.05, 0.1) is 12.2 Å². The van der Waals surface area contributed by atoms with E-state index in [1.54, 1.807) is 19.9 Å².